The van der Waals surface area contributed by atoms with Crippen LogP contribution in [0.3, 0.4) is 0 Å². The highest BCUT2D eigenvalue weighted by Crippen LogP contribution is 2.20. The van der Waals surface area contributed by atoms with Crippen LogP contribution in [-0.2, 0) is 16.0 Å². The first kappa shape index (κ1) is 21.0. The topological polar surface area (TPSA) is 101 Å². The molecule has 1 unspecified atom stereocenters. The number of hydrogen-bond acceptors (Lipinski definition) is 6. The number of aromatic nitrogens is 2. The minimum atomic E-state index is -0.465. The average molecular weight is 405 g/mol. The Morgan fingerprint density at radius 1 is 1.00 bits per heavy atom. The second kappa shape index (κ2) is 10.2. The van der Waals surface area contributed by atoms with E-state index in [1.807, 2.05) is 54.6 Å². The first-order valence-electron chi connectivity index (χ1n) is 9.67. The highest BCUT2D eigenvalue weighted by atomic mass is 16.5. The molecule has 30 heavy (non-hydrogen) atoms. The molecule has 3 aromatic rings. The van der Waals surface area contributed by atoms with Crippen LogP contribution in [0, 0.1) is 0 Å². The van der Waals surface area contributed by atoms with Gasteiger partial charge in [-0.1, -0.05) is 54.6 Å². The summed E-state index contributed by atoms with van der Waals surface area (Å²) in [7, 11) is 0. The molecule has 7 nitrogen and oxygen atoms in total. The van der Waals surface area contributed by atoms with Gasteiger partial charge >= 0.3 is 12.0 Å². The zero-order valence-electron chi connectivity index (χ0n) is 16.6. The zero-order valence-corrected chi connectivity index (χ0v) is 16.6. The van der Waals surface area contributed by atoms with E-state index in [4.69, 9.17) is 4.74 Å². The molecular weight excluding hydrogens is 382 g/mol. The zero-order chi connectivity index (χ0) is 21.3. The van der Waals surface area contributed by atoms with Crippen LogP contribution in [0.1, 0.15) is 29.3 Å². The number of carbonyl (C=O) groups is 2. The van der Waals surface area contributed by atoms with Crippen molar-refractivity contribution in [1.29, 1.82) is 0 Å². The number of aromatic hydroxyl groups is 1. The van der Waals surface area contributed by atoms with Gasteiger partial charge in [-0.05, 0) is 30.0 Å². The second-order valence-electron chi connectivity index (χ2n) is 6.72. The molecule has 0 spiro atoms. The molecule has 0 saturated heterocycles. The predicted molar refractivity (Wildman–Crippen MR) is 112 cm³/mol. The van der Waals surface area contributed by atoms with Gasteiger partial charge in [-0.25, -0.2) is 9.97 Å². The Hall–Kier alpha value is -3.74. The number of hydrogen-bond donors (Lipinski definition) is 2. The fourth-order valence-corrected chi connectivity index (χ4v) is 3.05. The van der Waals surface area contributed by atoms with Gasteiger partial charge in [0, 0.05) is 18.4 Å². The van der Waals surface area contributed by atoms with Gasteiger partial charge in [0.15, 0.2) is 0 Å². The van der Waals surface area contributed by atoms with Gasteiger partial charge < -0.3 is 15.2 Å². The maximum atomic E-state index is 12.5. The SMILES string of the molecule is CCOC(=O)CC(Cc1ccc(-c2ccccc2)cc1)NC(=O)c1cnc(O)nc1. The number of amides is 1. The van der Waals surface area contributed by atoms with E-state index in [2.05, 4.69) is 15.3 Å². The van der Waals surface area contributed by atoms with Gasteiger partial charge in [0.05, 0.1) is 18.6 Å². The van der Waals surface area contributed by atoms with Crippen LogP contribution < -0.4 is 5.32 Å². The maximum absolute atomic E-state index is 12.5. The van der Waals surface area contributed by atoms with Gasteiger partial charge in [-0.2, -0.15) is 0 Å². The molecule has 1 heterocycles. The summed E-state index contributed by atoms with van der Waals surface area (Å²) in [5, 5.41) is 12.0. The van der Waals surface area contributed by atoms with E-state index in [1.165, 1.54) is 12.4 Å². The number of ether oxygens (including phenoxy) is 1. The normalized spacial score (nSPS) is 11.5. The minimum Gasteiger partial charge on any atom is -0.479 e. The Labute approximate surface area is 174 Å². The second-order valence-corrected chi connectivity index (χ2v) is 6.72. The predicted octanol–water partition coefficient (Wildman–Crippen LogP) is 3.14. The lowest BCUT2D eigenvalue weighted by molar-refractivity contribution is -0.143. The summed E-state index contributed by atoms with van der Waals surface area (Å²) in [5.41, 5.74) is 3.38. The Bertz CT molecular complexity index is 974. The first-order chi connectivity index (χ1) is 14.5. The third kappa shape index (κ3) is 5.88. The third-order valence-electron chi connectivity index (χ3n) is 4.50. The molecule has 0 fully saturated rings. The van der Waals surface area contributed by atoms with Crippen LogP contribution in [0.5, 0.6) is 6.01 Å². The number of esters is 1. The number of nitrogens with zero attached hydrogens (tertiary/aromatic N) is 2. The maximum Gasteiger partial charge on any atom is 0.313 e. The Kier molecular flexibility index (Phi) is 7.10. The first-order valence-corrected chi connectivity index (χ1v) is 9.67. The Morgan fingerprint density at radius 2 is 1.63 bits per heavy atom. The third-order valence-corrected chi connectivity index (χ3v) is 4.50. The lowest BCUT2D eigenvalue weighted by Crippen LogP contribution is -2.38. The number of nitrogens with one attached hydrogen (secondary N) is 1. The van der Waals surface area contributed by atoms with Gasteiger partial charge in [0.2, 0.25) is 0 Å². The quantitative estimate of drug-likeness (QED) is 0.558. The van der Waals surface area contributed by atoms with Crippen LogP contribution in [-0.4, -0.2) is 39.6 Å². The van der Waals surface area contributed by atoms with Crippen molar-refractivity contribution in [3.8, 4) is 17.1 Å². The highest BCUT2D eigenvalue weighted by molar-refractivity contribution is 5.94. The van der Waals surface area contributed by atoms with Crippen molar-refractivity contribution in [2.75, 3.05) is 6.61 Å². The van der Waals surface area contributed by atoms with Crippen LogP contribution in [0.15, 0.2) is 67.0 Å². The van der Waals surface area contributed by atoms with Crippen LogP contribution in [0.4, 0.5) is 0 Å². The Balaban J connectivity index is 1.72. The van der Waals surface area contributed by atoms with Crippen LogP contribution >= 0.6 is 0 Å². The van der Waals surface area contributed by atoms with E-state index < -0.39 is 18.0 Å². The van der Waals surface area contributed by atoms with Gasteiger partial charge in [0.25, 0.3) is 5.91 Å². The molecule has 0 aliphatic rings. The molecule has 154 valence electrons. The number of carbonyl (C=O) groups excluding carboxylic acids is 2. The van der Waals surface area contributed by atoms with Crippen molar-refractivity contribution < 1.29 is 19.4 Å². The molecule has 3 rings (SSSR count). The molecule has 0 saturated carbocycles. The van der Waals surface area contributed by atoms with E-state index in [-0.39, 0.29) is 24.6 Å². The molecule has 0 radical (unpaired) electrons. The van der Waals surface area contributed by atoms with E-state index >= 15 is 0 Å². The molecule has 0 aliphatic carbocycles. The summed E-state index contributed by atoms with van der Waals surface area (Å²) in [5.74, 6) is -0.809. The summed E-state index contributed by atoms with van der Waals surface area (Å²) in [6.45, 7) is 2.01. The molecule has 2 N–H and O–H groups in total. The van der Waals surface area contributed by atoms with Crippen molar-refractivity contribution in [3.05, 3.63) is 78.1 Å². The standard InChI is InChI=1S/C23H23N3O4/c1-2-30-21(27)13-20(26-22(28)19-14-24-23(29)25-15-19)12-16-8-10-18(11-9-16)17-6-4-3-5-7-17/h3-11,14-15,20H,2,12-13H2,1H3,(H,26,28)(H,24,25,29). The van der Waals surface area contributed by atoms with Crippen molar-refractivity contribution in [3.63, 3.8) is 0 Å². The summed E-state index contributed by atoms with van der Waals surface area (Å²) in [6.07, 6.45) is 2.96. The molecule has 2 aromatic carbocycles. The minimum absolute atomic E-state index is 0.0406. The molecule has 1 aromatic heterocycles. The van der Waals surface area contributed by atoms with Crippen molar-refractivity contribution in [1.82, 2.24) is 15.3 Å². The summed E-state index contributed by atoms with van der Waals surface area (Å²) >= 11 is 0. The summed E-state index contributed by atoms with van der Waals surface area (Å²) < 4.78 is 5.04. The smallest absolute Gasteiger partial charge is 0.313 e. The van der Waals surface area contributed by atoms with Crippen LogP contribution in [0.2, 0.25) is 0 Å². The lowest BCUT2D eigenvalue weighted by Gasteiger charge is -2.18. The summed E-state index contributed by atoms with van der Waals surface area (Å²) in [4.78, 5) is 31.7. The molecule has 0 bridgehead atoms. The van der Waals surface area contributed by atoms with Crippen LogP contribution in [0.25, 0.3) is 11.1 Å². The number of benzene rings is 2. The molecule has 0 aliphatic heterocycles. The fourth-order valence-electron chi connectivity index (χ4n) is 3.05. The fraction of sp³-hybridized carbons (Fsp3) is 0.217. The molecular formula is C23H23N3O4. The van der Waals surface area contributed by atoms with E-state index in [0.717, 1.165) is 16.7 Å². The van der Waals surface area contributed by atoms with E-state index in [9.17, 15) is 14.7 Å². The van der Waals surface area contributed by atoms with Crippen molar-refractivity contribution in [2.45, 2.75) is 25.8 Å². The monoisotopic (exact) mass is 405 g/mol. The van der Waals surface area contributed by atoms with Crippen molar-refractivity contribution >= 4 is 11.9 Å². The van der Waals surface area contributed by atoms with Crippen molar-refractivity contribution in [2.24, 2.45) is 0 Å². The highest BCUT2D eigenvalue weighted by Gasteiger charge is 2.19. The van der Waals surface area contributed by atoms with Gasteiger partial charge in [-0.15, -0.1) is 0 Å². The largest absolute Gasteiger partial charge is 0.479 e. The van der Waals surface area contributed by atoms with Gasteiger partial charge in [0.1, 0.15) is 0 Å². The van der Waals surface area contributed by atoms with Gasteiger partial charge in [-0.3, -0.25) is 9.59 Å². The Morgan fingerprint density at radius 3 is 2.27 bits per heavy atom. The van der Waals surface area contributed by atoms with E-state index in [0.29, 0.717) is 6.42 Å². The number of rotatable bonds is 8. The average Bonchev–Trinajstić information content (AvgIpc) is 2.75. The molecule has 7 heteroatoms. The molecule has 1 amide bonds. The lowest BCUT2D eigenvalue weighted by atomic mass is 9.99. The molecule has 1 atom stereocenters. The van der Waals surface area contributed by atoms with E-state index in [1.54, 1.807) is 6.92 Å². The summed E-state index contributed by atoms with van der Waals surface area (Å²) in [6, 6.07) is 17.1.